The zero-order valence-corrected chi connectivity index (χ0v) is 35.4. The third-order valence-electron chi connectivity index (χ3n) is 9.93. The summed E-state index contributed by atoms with van der Waals surface area (Å²) < 4.78 is 10.5. The molecule has 0 amide bonds. The van der Waals surface area contributed by atoms with E-state index in [1.54, 1.807) is 14.2 Å². The van der Waals surface area contributed by atoms with Crippen LogP contribution in [-0.4, -0.2) is 49.6 Å². The molecular weight excluding hydrogens is 807 g/mol. The summed E-state index contributed by atoms with van der Waals surface area (Å²) in [7, 11) is 3.34. The number of imidazole rings is 2. The number of anilines is 4. The van der Waals surface area contributed by atoms with Gasteiger partial charge in [0.2, 0.25) is 0 Å². The molecule has 0 aliphatic rings. The Kier molecular flexibility index (Phi) is 13.4. The molecule has 0 spiro atoms. The number of halogens is 2. The van der Waals surface area contributed by atoms with E-state index in [0.717, 1.165) is 112 Å². The normalized spacial score (nSPS) is 10.6. The number of fused-ring (bicyclic) bond motifs is 6. The second-order valence-electron chi connectivity index (χ2n) is 14.0. The number of nitrogens with zero attached hydrogens (tertiary/aromatic N) is 4. The van der Waals surface area contributed by atoms with Crippen molar-refractivity contribution in [3.8, 4) is 34.3 Å². The van der Waals surface area contributed by atoms with Gasteiger partial charge in [0.25, 0.3) is 0 Å². The van der Waals surface area contributed by atoms with Crippen molar-refractivity contribution in [2.24, 2.45) is 0 Å². The summed E-state index contributed by atoms with van der Waals surface area (Å²) in [4.78, 5) is 26.2. The Morgan fingerprint density at radius 2 is 0.836 bits per heavy atom. The fourth-order valence-electron chi connectivity index (χ4n) is 7.17. The van der Waals surface area contributed by atoms with Gasteiger partial charge in [-0.1, -0.05) is 60.7 Å². The maximum absolute atomic E-state index is 5.26. The minimum Gasteiger partial charge on any atom is -0.497 e. The molecule has 0 unspecified atom stereocenters. The zero-order valence-electron chi connectivity index (χ0n) is 33.8. The highest BCUT2D eigenvalue weighted by Gasteiger charge is 2.16. The summed E-state index contributed by atoms with van der Waals surface area (Å²) in [6, 6.07) is 48.3. The molecule has 6 aromatic carbocycles. The lowest BCUT2D eigenvalue weighted by Crippen LogP contribution is -1.95. The van der Waals surface area contributed by atoms with Crippen LogP contribution in [0, 0.1) is 13.8 Å². The molecule has 61 heavy (non-hydrogen) atoms. The molecule has 4 heterocycles. The highest BCUT2D eigenvalue weighted by molar-refractivity contribution is 6.12. The lowest BCUT2D eigenvalue weighted by atomic mass is 10.1. The lowest BCUT2D eigenvalue weighted by Gasteiger charge is -2.12. The smallest absolute Gasteiger partial charge is 0.160 e. The number of pyridine rings is 2. The molecule has 0 atom stereocenters. The van der Waals surface area contributed by atoms with Crippen molar-refractivity contribution in [2.75, 3.05) is 24.9 Å². The largest absolute Gasteiger partial charge is 0.497 e. The van der Waals surface area contributed by atoms with Gasteiger partial charge in [-0.05, 0) is 98.8 Å². The van der Waals surface area contributed by atoms with Crippen molar-refractivity contribution in [1.82, 2.24) is 29.9 Å². The van der Waals surface area contributed by atoms with Gasteiger partial charge in [-0.15, -0.1) is 24.8 Å². The standard InChI is InChI=1S/2C24H20N4O.2ClH.H2O/c2*1-15-14-21(26-17-8-10-18(29-2)11-9-17)22-19(25-15)12-13-20-23(22)28-24(27-20)16-6-4-3-5-7-16;;;/h2*3-14,25-26H,1-2H3;2*1H;1H2. The quantitative estimate of drug-likeness (QED) is 0.118. The van der Waals surface area contributed by atoms with Gasteiger partial charge in [-0.25, -0.2) is 19.9 Å². The van der Waals surface area contributed by atoms with Crippen molar-refractivity contribution in [1.29, 1.82) is 0 Å². The fourth-order valence-corrected chi connectivity index (χ4v) is 7.17. The van der Waals surface area contributed by atoms with Gasteiger partial charge in [0, 0.05) is 55.7 Å². The predicted molar refractivity (Wildman–Crippen MR) is 254 cm³/mol. The van der Waals surface area contributed by atoms with Crippen LogP contribution in [0.2, 0.25) is 0 Å². The number of ether oxygens (including phenoxy) is 2. The van der Waals surface area contributed by atoms with Crippen molar-refractivity contribution < 1.29 is 14.9 Å². The average molecular weight is 852 g/mol. The van der Waals surface area contributed by atoms with E-state index in [4.69, 9.17) is 29.4 Å². The Labute approximate surface area is 364 Å². The number of aromatic nitrogens is 6. The number of H-pyrrole nitrogens is 2. The van der Waals surface area contributed by atoms with E-state index in [2.05, 4.69) is 58.7 Å². The summed E-state index contributed by atoms with van der Waals surface area (Å²) in [6.07, 6.45) is 0. The SMILES string of the molecule is COc1ccc(Nc2cc(C)[nH]c3ccc4nc(-c5ccccc5)nc4c23)cc1.COc1ccc(Nc2cc(C)[nH]c3ccc4nc(-c5ccccc5)nc4c23)cc1.Cl.Cl.O. The van der Waals surface area contributed by atoms with E-state index < -0.39 is 0 Å². The van der Waals surface area contributed by atoms with Crippen LogP contribution >= 0.6 is 24.8 Å². The van der Waals surface area contributed by atoms with Crippen LogP contribution < -0.4 is 20.1 Å². The summed E-state index contributed by atoms with van der Waals surface area (Å²) in [6.45, 7) is 4.10. The minimum absolute atomic E-state index is 0. The molecule has 4 aromatic heterocycles. The first-order chi connectivity index (χ1) is 28.4. The van der Waals surface area contributed by atoms with Crippen LogP contribution in [0.3, 0.4) is 0 Å². The van der Waals surface area contributed by atoms with Gasteiger partial charge in [0.1, 0.15) is 22.5 Å². The van der Waals surface area contributed by atoms with E-state index in [1.165, 1.54) is 0 Å². The van der Waals surface area contributed by atoms with E-state index in [-0.39, 0.29) is 30.3 Å². The van der Waals surface area contributed by atoms with Crippen LogP contribution in [0.4, 0.5) is 22.7 Å². The molecular formula is C48H44Cl2N8O3. The number of hydrogen-bond donors (Lipinski definition) is 4. The Bertz CT molecular complexity index is 2840. The summed E-state index contributed by atoms with van der Waals surface area (Å²) in [5.74, 6) is 3.14. The van der Waals surface area contributed by atoms with Crippen molar-refractivity contribution in [3.63, 3.8) is 0 Å². The third-order valence-corrected chi connectivity index (χ3v) is 9.93. The Morgan fingerprint density at radius 1 is 0.459 bits per heavy atom. The molecule has 10 rings (SSSR count). The van der Waals surface area contributed by atoms with E-state index in [1.807, 2.05) is 121 Å². The molecule has 13 heteroatoms. The second-order valence-corrected chi connectivity index (χ2v) is 14.0. The summed E-state index contributed by atoms with van der Waals surface area (Å²) >= 11 is 0. The van der Waals surface area contributed by atoms with Crippen LogP contribution in [0.1, 0.15) is 11.4 Å². The molecule has 0 saturated carbocycles. The summed E-state index contributed by atoms with van der Waals surface area (Å²) in [5, 5.41) is 9.13. The van der Waals surface area contributed by atoms with Crippen molar-refractivity contribution in [3.05, 3.63) is 157 Å². The van der Waals surface area contributed by atoms with Crippen molar-refractivity contribution in [2.45, 2.75) is 13.8 Å². The molecule has 0 bridgehead atoms. The lowest BCUT2D eigenvalue weighted by molar-refractivity contribution is 0.415. The monoisotopic (exact) mass is 850 g/mol. The van der Waals surface area contributed by atoms with Gasteiger partial charge >= 0.3 is 0 Å². The highest BCUT2D eigenvalue weighted by atomic mass is 35.5. The van der Waals surface area contributed by atoms with Gasteiger partial charge in [0.15, 0.2) is 11.6 Å². The van der Waals surface area contributed by atoms with Crippen LogP contribution in [-0.2, 0) is 0 Å². The van der Waals surface area contributed by atoms with E-state index in [9.17, 15) is 0 Å². The van der Waals surface area contributed by atoms with E-state index >= 15 is 0 Å². The number of nitrogens with one attached hydrogen (secondary N) is 4. The van der Waals surface area contributed by atoms with Crippen LogP contribution in [0.5, 0.6) is 11.5 Å². The number of aromatic amines is 2. The van der Waals surface area contributed by atoms with Crippen molar-refractivity contribution >= 4 is 91.4 Å². The molecule has 0 fully saturated rings. The second kappa shape index (κ2) is 18.8. The first-order valence-electron chi connectivity index (χ1n) is 19.0. The molecule has 0 saturated heterocycles. The molecule has 308 valence electrons. The maximum Gasteiger partial charge on any atom is 0.160 e. The van der Waals surface area contributed by atoms with Gasteiger partial charge in [0.05, 0.1) is 36.6 Å². The van der Waals surface area contributed by atoms with Gasteiger partial charge < -0.3 is 35.6 Å². The first kappa shape index (κ1) is 43.4. The number of benzene rings is 6. The molecule has 0 aliphatic heterocycles. The molecule has 11 nitrogen and oxygen atoms in total. The Morgan fingerprint density at radius 3 is 1.20 bits per heavy atom. The third kappa shape index (κ3) is 9.04. The first-order valence-corrected chi connectivity index (χ1v) is 19.0. The van der Waals surface area contributed by atoms with E-state index in [0.29, 0.717) is 0 Å². The summed E-state index contributed by atoms with van der Waals surface area (Å²) in [5.41, 5.74) is 13.7. The van der Waals surface area contributed by atoms with Crippen LogP contribution in [0.25, 0.3) is 66.6 Å². The topological polar surface area (TPSA) is 157 Å². The molecule has 0 radical (unpaired) electrons. The van der Waals surface area contributed by atoms with Gasteiger partial charge in [-0.2, -0.15) is 0 Å². The molecule has 6 N–H and O–H groups in total. The predicted octanol–water partition coefficient (Wildman–Crippen LogP) is 11.7. The minimum atomic E-state index is 0. The maximum atomic E-state index is 5.26. The van der Waals surface area contributed by atoms with Gasteiger partial charge in [-0.3, -0.25) is 0 Å². The number of rotatable bonds is 8. The number of methoxy groups -OCH3 is 2. The number of hydrogen-bond acceptors (Lipinski definition) is 8. The highest BCUT2D eigenvalue weighted by Crippen LogP contribution is 2.35. The van der Waals surface area contributed by atoms with Crippen LogP contribution in [0.15, 0.2) is 146 Å². The fraction of sp³-hybridized carbons (Fsp3) is 0.0833. The molecule has 0 aliphatic carbocycles. The average Bonchev–Trinajstić information content (AvgIpc) is 3.90. The Hall–Kier alpha value is -7.18. The number of aryl methyl sites for hydroxylation is 2. The zero-order chi connectivity index (χ0) is 39.6. The Balaban J connectivity index is 0.000000194. The molecule has 10 aromatic rings.